The first-order valence-electron chi connectivity index (χ1n) is 31.1. The zero-order chi connectivity index (χ0) is 71.7. The van der Waals surface area contributed by atoms with E-state index in [0.717, 1.165) is 16.7 Å². The number of nitrogens with zero attached hydrogens (tertiary/aromatic N) is 1. The van der Waals surface area contributed by atoms with Crippen molar-refractivity contribution in [2.75, 3.05) is 204 Å². The van der Waals surface area contributed by atoms with E-state index in [1.807, 2.05) is 0 Å². The minimum absolute atomic E-state index is 0.00196. The van der Waals surface area contributed by atoms with E-state index in [9.17, 15) is 68.5 Å². The summed E-state index contributed by atoms with van der Waals surface area (Å²) in [6.07, 6.45) is -11.6. The second-order valence-corrected chi connectivity index (χ2v) is 25.0. The number of phosphoric ester groups is 2. The third-order valence-electron chi connectivity index (χ3n) is 13.6. The molecule has 0 saturated carbocycles. The first-order valence-corrected chi connectivity index (χ1v) is 35.2. The van der Waals surface area contributed by atoms with Gasteiger partial charge in [-0.15, -0.1) is 11.8 Å². The molecule has 16 N–H and O–H groups in total. The normalized spacial score (nSPS) is 17.3. The van der Waals surface area contributed by atoms with Crippen LogP contribution in [-0.2, 0) is 99.1 Å². The summed E-state index contributed by atoms with van der Waals surface area (Å²) < 4.78 is 90.6. The highest BCUT2D eigenvalue weighted by Crippen LogP contribution is 2.37. The Bertz CT molecular complexity index is 2120. The van der Waals surface area contributed by atoms with Gasteiger partial charge in [-0.05, 0) is 0 Å². The molecule has 12 unspecified atom stereocenters. The average molecular weight is 1450 g/mol. The third-order valence-corrected chi connectivity index (χ3v) is 15.7. The van der Waals surface area contributed by atoms with Crippen LogP contribution in [0.5, 0.6) is 0 Å². The maximum atomic E-state index is 13.3. The summed E-state index contributed by atoms with van der Waals surface area (Å²) in [4.78, 5) is 112. The Hall–Kier alpha value is -3.11. The van der Waals surface area contributed by atoms with Crippen molar-refractivity contribution in [3.05, 3.63) is 0 Å². The van der Waals surface area contributed by atoms with Gasteiger partial charge >= 0.3 is 15.6 Å². The Morgan fingerprint density at radius 3 is 1.35 bits per heavy atom. The Kier molecular flexibility index (Phi) is 51.7. The van der Waals surface area contributed by atoms with Crippen LogP contribution in [-0.4, -0.2) is 351 Å². The van der Waals surface area contributed by atoms with E-state index in [-0.39, 0.29) is 151 Å². The van der Waals surface area contributed by atoms with Crippen LogP contribution >= 0.6 is 27.4 Å². The van der Waals surface area contributed by atoms with Gasteiger partial charge in [0.25, 0.3) is 0 Å². The van der Waals surface area contributed by atoms with Gasteiger partial charge in [0, 0.05) is 109 Å². The fraction of sp³-hybridized carbons (Fsp3) is 0.889. The molecular formula is C54H104BN7O31P2S. The Morgan fingerprint density at radius 1 is 0.521 bits per heavy atom. The summed E-state index contributed by atoms with van der Waals surface area (Å²) in [5.41, 5.74) is -0.973. The van der Waals surface area contributed by atoms with Crippen LogP contribution in [0, 0.1) is 17.8 Å². The van der Waals surface area contributed by atoms with Gasteiger partial charge in [0.05, 0.1) is 152 Å². The van der Waals surface area contributed by atoms with Crippen LogP contribution in [0.1, 0.15) is 33.1 Å². The van der Waals surface area contributed by atoms with E-state index in [1.165, 1.54) is 28.1 Å². The standard InChI is InChI=1S/C54H104BN7O31P2S/c1-37(35-92-94(75,76)77)44(66)46(68)48(70)52(81-3)61-12-18-87-23-28-89-26-21-85-16-10-59-50(72)39(33-42(64)57-7-6-56-8-14-83-19-24-88-25-20-84-15-9-58-41(63)5-13-62-43(65)34-40(55)53(62)74)51(73)60-11-17-86-22-27-90-29-30-91-31-32-96-54(82-4)49(71)47(69)45(67)38(2)36-93-95(78,79)80/h37-40,44-49,52,54,56,61,66-71H,5-36H2,1-4H3,(H,57,64)(H,58,63)(H,59,72)(H,60,73)(H2,75,76,77)(H2,78,79,80). The van der Waals surface area contributed by atoms with E-state index in [0.29, 0.717) is 45.3 Å². The molecule has 0 aliphatic carbocycles. The highest BCUT2D eigenvalue weighted by molar-refractivity contribution is 7.99. The summed E-state index contributed by atoms with van der Waals surface area (Å²) in [7, 11) is -1.49. The second kappa shape index (κ2) is 54.6. The quantitative estimate of drug-likeness (QED) is 0.00672. The highest BCUT2D eigenvalue weighted by Gasteiger charge is 2.38. The van der Waals surface area contributed by atoms with Crippen LogP contribution in [0.25, 0.3) is 0 Å². The number of aliphatic hydroxyl groups is 6. The lowest BCUT2D eigenvalue weighted by molar-refractivity contribution is -0.140. The van der Waals surface area contributed by atoms with E-state index in [4.69, 9.17) is 79.5 Å². The predicted octanol–water partition coefficient (Wildman–Crippen LogP) is -6.77. The van der Waals surface area contributed by atoms with E-state index < -0.39 is 137 Å². The van der Waals surface area contributed by atoms with Gasteiger partial charge in [-0.25, -0.2) is 9.13 Å². The van der Waals surface area contributed by atoms with E-state index >= 15 is 0 Å². The zero-order valence-electron chi connectivity index (χ0n) is 54.9. The number of aliphatic hydroxyl groups excluding tert-OH is 6. The molecule has 96 heavy (non-hydrogen) atoms. The van der Waals surface area contributed by atoms with Crippen LogP contribution in [0.4, 0.5) is 0 Å². The van der Waals surface area contributed by atoms with Crippen molar-refractivity contribution in [3.63, 3.8) is 0 Å². The number of phosphoric acid groups is 2. The number of hydrogen-bond donors (Lipinski definition) is 16. The molecule has 6 amide bonds. The first-order chi connectivity index (χ1) is 45.6. The predicted molar refractivity (Wildman–Crippen MR) is 338 cm³/mol. The number of ether oxygens (including phenoxy) is 11. The molecule has 1 aliphatic rings. The minimum Gasteiger partial charge on any atom is -0.390 e. The van der Waals surface area contributed by atoms with E-state index in [2.05, 4.69) is 40.9 Å². The van der Waals surface area contributed by atoms with Crippen LogP contribution in [0.15, 0.2) is 0 Å². The Labute approximate surface area is 564 Å². The topological polar surface area (TPSA) is 534 Å². The van der Waals surface area contributed by atoms with Gasteiger partial charge in [0.1, 0.15) is 42.0 Å². The molecule has 560 valence electrons. The minimum atomic E-state index is -4.81. The van der Waals surface area contributed by atoms with Crippen molar-refractivity contribution in [3.8, 4) is 0 Å². The van der Waals surface area contributed by atoms with Crippen molar-refractivity contribution in [1.29, 1.82) is 0 Å². The number of hydrogen-bond acceptors (Lipinski definition) is 30. The molecule has 0 bridgehead atoms. The summed E-state index contributed by atoms with van der Waals surface area (Å²) >= 11 is 1.10. The van der Waals surface area contributed by atoms with Crippen molar-refractivity contribution >= 4 is 70.7 Å². The lowest BCUT2D eigenvalue weighted by Gasteiger charge is -2.31. The maximum Gasteiger partial charge on any atom is 0.469 e. The number of rotatable bonds is 64. The highest BCUT2D eigenvalue weighted by atomic mass is 32.2. The molecule has 0 aromatic heterocycles. The number of nitrogens with one attached hydrogen (secondary N) is 6. The monoisotopic (exact) mass is 1450 g/mol. The summed E-state index contributed by atoms with van der Waals surface area (Å²) in [6.45, 7) is 6.47. The molecule has 1 heterocycles. The molecule has 38 nitrogen and oxygen atoms in total. The summed E-state index contributed by atoms with van der Waals surface area (Å²) in [5, 5.41) is 79.0. The van der Waals surface area contributed by atoms with Crippen LogP contribution in [0.2, 0.25) is 5.82 Å². The van der Waals surface area contributed by atoms with Crippen molar-refractivity contribution in [2.24, 2.45) is 17.8 Å². The van der Waals surface area contributed by atoms with Crippen molar-refractivity contribution in [2.45, 2.75) is 87.2 Å². The molecular weight excluding hydrogens is 1350 g/mol. The molecule has 0 aromatic rings. The number of carbonyl (C=O) groups excluding carboxylic acids is 6. The third kappa shape index (κ3) is 44.2. The Balaban J connectivity index is 2.44. The van der Waals surface area contributed by atoms with Gasteiger partial charge in [-0.3, -0.25) is 48.0 Å². The van der Waals surface area contributed by atoms with E-state index in [1.54, 1.807) is 0 Å². The molecule has 12 atom stereocenters. The number of carbonyl (C=O) groups is 6. The van der Waals surface area contributed by atoms with Gasteiger partial charge in [0.15, 0.2) is 0 Å². The van der Waals surface area contributed by atoms with Gasteiger partial charge < -0.3 is 129 Å². The number of methoxy groups -OCH3 is 2. The molecule has 0 spiro atoms. The molecule has 0 aromatic carbocycles. The Morgan fingerprint density at radius 2 is 0.927 bits per heavy atom. The lowest BCUT2D eigenvalue weighted by atomic mass is 9.86. The molecule has 1 saturated heterocycles. The molecule has 2 radical (unpaired) electrons. The summed E-state index contributed by atoms with van der Waals surface area (Å²) in [6, 6.07) is 0. The van der Waals surface area contributed by atoms with Gasteiger partial charge in [-0.1, -0.05) is 13.8 Å². The fourth-order valence-corrected chi connectivity index (χ4v) is 9.98. The zero-order valence-corrected chi connectivity index (χ0v) is 57.5. The fourth-order valence-electron chi connectivity index (χ4n) is 8.18. The molecule has 1 fully saturated rings. The number of imide groups is 1. The number of likely N-dealkylation sites (tertiary alicyclic amines) is 1. The van der Waals surface area contributed by atoms with Crippen molar-refractivity contribution in [1.82, 2.24) is 36.8 Å². The number of thioether (sulfide) groups is 1. The van der Waals surface area contributed by atoms with Gasteiger partial charge in [0.2, 0.25) is 35.4 Å². The van der Waals surface area contributed by atoms with Crippen molar-refractivity contribution < 1.29 is 149 Å². The SMILES string of the molecule is [B]C1CC(=O)N(CCC(=O)NCCOCCOCCOCCNCCNC(=O)CC(C(=O)NCCOCCOCCOCCNC(OC)C(O)C(O)C(O)C(C)COP(=O)(O)O)C(=O)NCCOCCOCCOCCSC(OC)C(O)C(O)C(O)C(C)COP(=O)(O)O)C1=O. The van der Waals surface area contributed by atoms with Crippen LogP contribution in [0.3, 0.4) is 0 Å². The van der Waals surface area contributed by atoms with Gasteiger partial charge in [-0.2, -0.15) is 0 Å². The maximum absolute atomic E-state index is 13.3. The smallest absolute Gasteiger partial charge is 0.390 e. The molecule has 1 rings (SSSR count). The van der Waals surface area contributed by atoms with Crippen LogP contribution < -0.4 is 31.9 Å². The second-order valence-electron chi connectivity index (χ2n) is 21.3. The lowest BCUT2D eigenvalue weighted by Crippen LogP contribution is -2.53. The summed E-state index contributed by atoms with van der Waals surface area (Å²) in [5.74, 6) is -7.05. The molecule has 1 aliphatic heterocycles. The molecule has 42 heteroatoms. The average Bonchev–Trinajstić information content (AvgIpc) is 1.56. The largest absolute Gasteiger partial charge is 0.469 e. The first kappa shape index (κ1) is 90.9. The number of amides is 6.